The molecule has 1 amide bonds. The summed E-state index contributed by atoms with van der Waals surface area (Å²) in [5, 5.41) is 3.17. The maximum Gasteiger partial charge on any atom is 0.238 e. The number of hydrogen-bond donors (Lipinski definition) is 2. The number of primary amides is 1. The first-order chi connectivity index (χ1) is 9.50. The average Bonchev–Trinajstić information content (AvgIpc) is 2.39. The predicted molar refractivity (Wildman–Crippen MR) is 80.7 cm³/mol. The minimum atomic E-state index is -0.729. The summed E-state index contributed by atoms with van der Waals surface area (Å²) >= 11 is 0. The third-order valence-corrected chi connectivity index (χ3v) is 3.16. The molecule has 0 aliphatic heterocycles. The molecule has 0 fully saturated rings. The van der Waals surface area contributed by atoms with Gasteiger partial charge in [0.15, 0.2) is 0 Å². The van der Waals surface area contributed by atoms with Crippen molar-refractivity contribution in [3.63, 3.8) is 0 Å². The molecule has 0 aromatic carbocycles. The number of rotatable bonds is 13. The number of ether oxygens (including phenoxy) is 2. The maximum atomic E-state index is 11.7. The van der Waals surface area contributed by atoms with Gasteiger partial charge >= 0.3 is 0 Å². The lowest BCUT2D eigenvalue weighted by atomic mass is 10.0. The van der Waals surface area contributed by atoms with E-state index < -0.39 is 5.54 Å². The molecule has 1 unspecified atom stereocenters. The van der Waals surface area contributed by atoms with Crippen LogP contribution in [0, 0.1) is 0 Å². The number of carbonyl (C=O) groups is 1. The van der Waals surface area contributed by atoms with E-state index >= 15 is 0 Å². The third kappa shape index (κ3) is 7.79. The number of nitrogens with two attached hydrogens (primary N) is 1. The SMILES string of the molecule is CCNC(C)(CN(CCOCC)CCOCC)C(N)=O. The molecule has 0 rings (SSSR count). The highest BCUT2D eigenvalue weighted by atomic mass is 16.5. The summed E-state index contributed by atoms with van der Waals surface area (Å²) < 4.78 is 10.8. The van der Waals surface area contributed by atoms with E-state index in [-0.39, 0.29) is 5.91 Å². The summed E-state index contributed by atoms with van der Waals surface area (Å²) in [6.07, 6.45) is 0. The van der Waals surface area contributed by atoms with E-state index in [9.17, 15) is 4.79 Å². The van der Waals surface area contributed by atoms with Crippen molar-refractivity contribution in [3.05, 3.63) is 0 Å². The summed E-state index contributed by atoms with van der Waals surface area (Å²) in [6.45, 7) is 13.2. The first-order valence-electron chi connectivity index (χ1n) is 7.42. The molecule has 0 saturated heterocycles. The number of nitrogens with one attached hydrogen (secondary N) is 1. The number of carbonyl (C=O) groups excluding carboxylic acids is 1. The van der Waals surface area contributed by atoms with Gasteiger partial charge in [-0.25, -0.2) is 0 Å². The number of nitrogens with zero attached hydrogens (tertiary/aromatic N) is 1. The van der Waals surface area contributed by atoms with Crippen LogP contribution in [-0.4, -0.2) is 69.0 Å². The van der Waals surface area contributed by atoms with E-state index in [4.69, 9.17) is 15.2 Å². The van der Waals surface area contributed by atoms with E-state index in [0.29, 0.717) is 39.5 Å². The fourth-order valence-corrected chi connectivity index (χ4v) is 2.00. The van der Waals surface area contributed by atoms with Crippen LogP contribution in [0.4, 0.5) is 0 Å². The largest absolute Gasteiger partial charge is 0.380 e. The first kappa shape index (κ1) is 19.3. The Hall–Kier alpha value is -0.690. The van der Waals surface area contributed by atoms with Gasteiger partial charge in [0.1, 0.15) is 5.54 Å². The highest BCUT2D eigenvalue weighted by Gasteiger charge is 2.32. The van der Waals surface area contributed by atoms with Crippen LogP contribution in [0.15, 0.2) is 0 Å². The predicted octanol–water partition coefficient (Wildman–Crippen LogP) is 0.215. The molecule has 3 N–H and O–H groups in total. The molecule has 6 nitrogen and oxygen atoms in total. The molecule has 0 radical (unpaired) electrons. The Kier molecular flexibility index (Phi) is 10.6. The van der Waals surface area contributed by atoms with Crippen molar-refractivity contribution >= 4 is 5.91 Å². The topological polar surface area (TPSA) is 76.8 Å². The fourth-order valence-electron chi connectivity index (χ4n) is 2.00. The van der Waals surface area contributed by atoms with Crippen molar-refractivity contribution in [1.29, 1.82) is 0 Å². The average molecular weight is 289 g/mol. The molecule has 0 heterocycles. The van der Waals surface area contributed by atoms with Crippen LogP contribution < -0.4 is 11.1 Å². The van der Waals surface area contributed by atoms with Gasteiger partial charge in [-0.2, -0.15) is 0 Å². The zero-order chi connectivity index (χ0) is 15.4. The molecule has 0 bridgehead atoms. The number of amides is 1. The Morgan fingerprint density at radius 1 is 1.15 bits per heavy atom. The quantitative estimate of drug-likeness (QED) is 0.474. The summed E-state index contributed by atoms with van der Waals surface area (Å²) in [7, 11) is 0. The van der Waals surface area contributed by atoms with Gasteiger partial charge in [0.2, 0.25) is 5.91 Å². The van der Waals surface area contributed by atoms with Gasteiger partial charge < -0.3 is 20.5 Å². The normalized spacial score (nSPS) is 14.4. The van der Waals surface area contributed by atoms with Crippen LogP contribution in [0.1, 0.15) is 27.7 Å². The van der Waals surface area contributed by atoms with Gasteiger partial charge in [-0.15, -0.1) is 0 Å². The lowest BCUT2D eigenvalue weighted by Gasteiger charge is -2.33. The maximum absolute atomic E-state index is 11.7. The Morgan fingerprint density at radius 2 is 1.65 bits per heavy atom. The van der Waals surface area contributed by atoms with Crippen LogP contribution in [0.3, 0.4) is 0 Å². The van der Waals surface area contributed by atoms with Gasteiger partial charge in [0.25, 0.3) is 0 Å². The summed E-state index contributed by atoms with van der Waals surface area (Å²) in [6, 6.07) is 0. The third-order valence-electron chi connectivity index (χ3n) is 3.16. The zero-order valence-electron chi connectivity index (χ0n) is 13.4. The monoisotopic (exact) mass is 289 g/mol. The second-order valence-electron chi connectivity index (χ2n) is 4.90. The van der Waals surface area contributed by atoms with Crippen molar-refractivity contribution < 1.29 is 14.3 Å². The molecule has 6 heteroatoms. The molecule has 0 aliphatic rings. The summed E-state index contributed by atoms with van der Waals surface area (Å²) in [5.41, 5.74) is 4.80. The Balaban J connectivity index is 4.51. The number of likely N-dealkylation sites (N-methyl/N-ethyl adjacent to an activating group) is 1. The van der Waals surface area contributed by atoms with Crippen LogP contribution in [0.2, 0.25) is 0 Å². The minimum absolute atomic E-state index is 0.336. The van der Waals surface area contributed by atoms with E-state index in [1.807, 2.05) is 27.7 Å². The van der Waals surface area contributed by atoms with Crippen LogP contribution in [0.25, 0.3) is 0 Å². The summed E-state index contributed by atoms with van der Waals surface area (Å²) in [4.78, 5) is 13.8. The van der Waals surface area contributed by atoms with Crippen molar-refractivity contribution in [3.8, 4) is 0 Å². The Labute approximate surface area is 123 Å². The summed E-state index contributed by atoms with van der Waals surface area (Å²) in [5.74, 6) is -0.336. The lowest BCUT2D eigenvalue weighted by molar-refractivity contribution is -0.124. The van der Waals surface area contributed by atoms with Gasteiger partial charge in [0.05, 0.1) is 13.2 Å². The van der Waals surface area contributed by atoms with Gasteiger partial charge in [-0.05, 0) is 27.3 Å². The van der Waals surface area contributed by atoms with Crippen molar-refractivity contribution in [1.82, 2.24) is 10.2 Å². The molecule has 0 spiro atoms. The second kappa shape index (κ2) is 11.0. The first-order valence-corrected chi connectivity index (χ1v) is 7.42. The molecular formula is C14H31N3O3. The molecule has 0 saturated carbocycles. The molecule has 0 aromatic heterocycles. The fraction of sp³-hybridized carbons (Fsp3) is 0.929. The molecule has 0 aromatic rings. The lowest BCUT2D eigenvalue weighted by Crippen LogP contribution is -2.60. The Morgan fingerprint density at radius 3 is 2.00 bits per heavy atom. The molecule has 120 valence electrons. The van der Waals surface area contributed by atoms with Crippen LogP contribution in [-0.2, 0) is 14.3 Å². The van der Waals surface area contributed by atoms with Crippen LogP contribution >= 0.6 is 0 Å². The highest BCUT2D eigenvalue weighted by molar-refractivity contribution is 5.84. The molecule has 1 atom stereocenters. The molecule has 20 heavy (non-hydrogen) atoms. The van der Waals surface area contributed by atoms with Crippen molar-refractivity contribution in [2.45, 2.75) is 33.2 Å². The van der Waals surface area contributed by atoms with Crippen LogP contribution in [0.5, 0.6) is 0 Å². The highest BCUT2D eigenvalue weighted by Crippen LogP contribution is 2.06. The minimum Gasteiger partial charge on any atom is -0.380 e. The van der Waals surface area contributed by atoms with Gasteiger partial charge in [0, 0.05) is 32.8 Å². The van der Waals surface area contributed by atoms with E-state index in [0.717, 1.165) is 13.1 Å². The molecular weight excluding hydrogens is 258 g/mol. The van der Waals surface area contributed by atoms with Gasteiger partial charge in [-0.1, -0.05) is 6.92 Å². The van der Waals surface area contributed by atoms with E-state index in [2.05, 4.69) is 10.2 Å². The Bertz CT molecular complexity index is 254. The smallest absolute Gasteiger partial charge is 0.238 e. The van der Waals surface area contributed by atoms with Crippen molar-refractivity contribution in [2.24, 2.45) is 5.73 Å². The van der Waals surface area contributed by atoms with E-state index in [1.165, 1.54) is 0 Å². The second-order valence-corrected chi connectivity index (χ2v) is 4.90. The zero-order valence-corrected chi connectivity index (χ0v) is 13.4. The van der Waals surface area contributed by atoms with E-state index in [1.54, 1.807) is 0 Å². The van der Waals surface area contributed by atoms with Crippen molar-refractivity contribution in [2.75, 3.05) is 52.6 Å². The standard InChI is InChI=1S/C14H31N3O3/c1-5-16-14(4,13(15)18)12-17(8-10-19-6-2)9-11-20-7-3/h16H,5-12H2,1-4H3,(H2,15,18). The van der Waals surface area contributed by atoms with Gasteiger partial charge in [-0.3, -0.25) is 9.69 Å². The number of hydrogen-bond acceptors (Lipinski definition) is 5. The molecule has 0 aliphatic carbocycles.